The number of imide groups is 1. The Morgan fingerprint density at radius 1 is 0.788 bits per heavy atom. The maximum atomic E-state index is 13.6. The number of hydrogen-bond donors (Lipinski definition) is 1. The van der Waals surface area contributed by atoms with Gasteiger partial charge in [0.25, 0.3) is 11.8 Å². The third kappa shape index (κ3) is 4.57. The Balaban J connectivity index is 1.79. The Hall–Kier alpha value is -3.37. The van der Waals surface area contributed by atoms with Crippen LogP contribution >= 0.6 is 11.6 Å². The predicted molar refractivity (Wildman–Crippen MR) is 136 cm³/mol. The van der Waals surface area contributed by atoms with Crippen molar-refractivity contribution in [1.82, 2.24) is 0 Å². The van der Waals surface area contributed by atoms with Crippen LogP contribution in [-0.2, 0) is 15.0 Å². The normalized spacial score (nSPS) is 14.3. The van der Waals surface area contributed by atoms with E-state index in [1.165, 1.54) is 10.5 Å². The summed E-state index contributed by atoms with van der Waals surface area (Å²) >= 11 is 6.07. The number of nitrogens with one attached hydrogen (secondary N) is 1. The van der Waals surface area contributed by atoms with Crippen molar-refractivity contribution in [2.24, 2.45) is 0 Å². The molecule has 0 spiro atoms. The Morgan fingerprint density at radius 3 is 1.91 bits per heavy atom. The average Bonchev–Trinajstić information content (AvgIpc) is 2.97. The summed E-state index contributed by atoms with van der Waals surface area (Å²) in [4.78, 5) is 28.4. The molecule has 168 valence electrons. The van der Waals surface area contributed by atoms with Gasteiger partial charge in [-0.1, -0.05) is 62.7 Å². The number of aryl methyl sites for hydroxylation is 2. The Labute approximate surface area is 199 Å². The van der Waals surface area contributed by atoms with Gasteiger partial charge in [0.05, 0.1) is 11.3 Å². The maximum absolute atomic E-state index is 13.6. The number of rotatable bonds is 4. The third-order valence-corrected chi connectivity index (χ3v) is 5.95. The number of anilines is 2. The van der Waals surface area contributed by atoms with Crippen LogP contribution in [0, 0.1) is 13.8 Å². The van der Waals surface area contributed by atoms with Gasteiger partial charge in [-0.15, -0.1) is 0 Å². The minimum atomic E-state index is -0.380. The molecule has 0 unspecified atom stereocenters. The second-order valence-electron chi connectivity index (χ2n) is 9.50. The molecule has 4 nitrogen and oxygen atoms in total. The number of carbonyl (C=O) groups is 2. The summed E-state index contributed by atoms with van der Waals surface area (Å²) < 4.78 is 0. The second-order valence-corrected chi connectivity index (χ2v) is 9.94. The van der Waals surface area contributed by atoms with E-state index in [-0.39, 0.29) is 22.9 Å². The molecule has 0 saturated carbocycles. The monoisotopic (exact) mass is 458 g/mol. The number of amides is 2. The van der Waals surface area contributed by atoms with Crippen molar-refractivity contribution in [1.29, 1.82) is 0 Å². The molecular weight excluding hydrogens is 432 g/mol. The molecule has 1 heterocycles. The van der Waals surface area contributed by atoms with Crippen molar-refractivity contribution in [3.8, 4) is 0 Å². The number of benzene rings is 3. The Bertz CT molecular complexity index is 1250. The van der Waals surface area contributed by atoms with Gasteiger partial charge in [-0.25, -0.2) is 4.90 Å². The highest BCUT2D eigenvalue weighted by molar-refractivity contribution is 6.46. The first-order valence-electron chi connectivity index (χ1n) is 10.9. The first-order valence-corrected chi connectivity index (χ1v) is 11.3. The Morgan fingerprint density at radius 2 is 1.36 bits per heavy atom. The second kappa shape index (κ2) is 8.53. The zero-order valence-electron chi connectivity index (χ0n) is 19.5. The molecule has 0 aromatic heterocycles. The molecule has 0 fully saturated rings. The van der Waals surface area contributed by atoms with Gasteiger partial charge in [0.15, 0.2) is 0 Å². The highest BCUT2D eigenvalue weighted by atomic mass is 35.5. The van der Waals surface area contributed by atoms with Crippen molar-refractivity contribution >= 4 is 40.4 Å². The predicted octanol–water partition coefficient (Wildman–Crippen LogP) is 6.65. The summed E-state index contributed by atoms with van der Waals surface area (Å²) in [6.07, 6.45) is 0. The van der Waals surface area contributed by atoms with Crippen LogP contribution in [0.25, 0.3) is 5.57 Å². The summed E-state index contributed by atoms with van der Waals surface area (Å²) in [5.74, 6) is -0.740. The molecule has 4 rings (SSSR count). The van der Waals surface area contributed by atoms with Gasteiger partial charge in [0.2, 0.25) is 0 Å². The molecule has 1 aliphatic rings. The van der Waals surface area contributed by atoms with Gasteiger partial charge in [0, 0.05) is 10.7 Å². The Kier molecular flexibility index (Phi) is 5.89. The van der Waals surface area contributed by atoms with Crippen molar-refractivity contribution in [2.75, 3.05) is 10.2 Å². The zero-order valence-corrected chi connectivity index (χ0v) is 20.2. The lowest BCUT2D eigenvalue weighted by atomic mass is 9.87. The van der Waals surface area contributed by atoms with Crippen molar-refractivity contribution < 1.29 is 9.59 Å². The maximum Gasteiger partial charge on any atom is 0.282 e. The van der Waals surface area contributed by atoms with E-state index >= 15 is 0 Å². The summed E-state index contributed by atoms with van der Waals surface area (Å²) in [6.45, 7) is 10.3. The fourth-order valence-electron chi connectivity index (χ4n) is 4.04. The van der Waals surface area contributed by atoms with Gasteiger partial charge in [-0.3, -0.25) is 9.59 Å². The van der Waals surface area contributed by atoms with Crippen LogP contribution in [0.3, 0.4) is 0 Å². The van der Waals surface area contributed by atoms with Crippen molar-refractivity contribution in [3.05, 3.63) is 99.7 Å². The van der Waals surface area contributed by atoms with Crippen LogP contribution in [0.1, 0.15) is 43.0 Å². The van der Waals surface area contributed by atoms with E-state index in [0.717, 1.165) is 16.8 Å². The molecule has 0 saturated heterocycles. The molecule has 3 aromatic rings. The topological polar surface area (TPSA) is 49.4 Å². The van der Waals surface area contributed by atoms with Gasteiger partial charge in [0.1, 0.15) is 5.70 Å². The first kappa shape index (κ1) is 22.8. The fraction of sp³-hybridized carbons (Fsp3) is 0.214. The van der Waals surface area contributed by atoms with E-state index in [1.807, 2.05) is 56.3 Å². The molecule has 33 heavy (non-hydrogen) atoms. The van der Waals surface area contributed by atoms with Gasteiger partial charge in [-0.05, 0) is 77.9 Å². The van der Waals surface area contributed by atoms with E-state index in [0.29, 0.717) is 21.8 Å². The lowest BCUT2D eigenvalue weighted by molar-refractivity contribution is -0.120. The molecule has 0 atom stereocenters. The van der Waals surface area contributed by atoms with E-state index in [1.54, 1.807) is 24.3 Å². The number of hydrogen-bond acceptors (Lipinski definition) is 3. The van der Waals surface area contributed by atoms with Crippen molar-refractivity contribution in [3.63, 3.8) is 0 Å². The van der Waals surface area contributed by atoms with E-state index in [4.69, 9.17) is 11.6 Å². The van der Waals surface area contributed by atoms with Crippen LogP contribution in [0.5, 0.6) is 0 Å². The lowest BCUT2D eigenvalue weighted by Gasteiger charge is -2.19. The highest BCUT2D eigenvalue weighted by Gasteiger charge is 2.40. The molecule has 5 heteroatoms. The van der Waals surface area contributed by atoms with Crippen LogP contribution < -0.4 is 10.2 Å². The first-order chi connectivity index (χ1) is 15.5. The standard InChI is InChI=1S/C28H27ClN2O2/c1-17-14-18(2)16-23(15-17)31-26(32)24(19-6-10-21(29)11-7-19)25(27(31)33)30-22-12-8-20(9-13-22)28(3,4)5/h6-16,30H,1-5H3. The summed E-state index contributed by atoms with van der Waals surface area (Å²) in [5.41, 5.74) is 5.70. The zero-order chi connectivity index (χ0) is 23.9. The van der Waals surface area contributed by atoms with Gasteiger partial charge >= 0.3 is 0 Å². The third-order valence-electron chi connectivity index (χ3n) is 5.70. The van der Waals surface area contributed by atoms with Gasteiger partial charge < -0.3 is 5.32 Å². The highest BCUT2D eigenvalue weighted by Crippen LogP contribution is 2.35. The van der Waals surface area contributed by atoms with E-state index in [2.05, 4.69) is 26.1 Å². The number of carbonyl (C=O) groups excluding carboxylic acids is 2. The van der Waals surface area contributed by atoms with Gasteiger partial charge in [-0.2, -0.15) is 0 Å². The summed E-state index contributed by atoms with van der Waals surface area (Å²) in [7, 11) is 0. The minimum absolute atomic E-state index is 0.0191. The molecule has 2 amide bonds. The smallest absolute Gasteiger partial charge is 0.282 e. The molecule has 3 aromatic carbocycles. The van der Waals surface area contributed by atoms with Crippen LogP contribution in [0.2, 0.25) is 5.02 Å². The number of nitrogens with zero attached hydrogens (tertiary/aromatic N) is 1. The van der Waals surface area contributed by atoms with Crippen LogP contribution in [0.4, 0.5) is 11.4 Å². The van der Waals surface area contributed by atoms with Crippen LogP contribution in [-0.4, -0.2) is 11.8 Å². The number of halogens is 1. The summed E-state index contributed by atoms with van der Waals surface area (Å²) in [5, 5.41) is 3.79. The average molecular weight is 459 g/mol. The molecular formula is C28H27ClN2O2. The minimum Gasteiger partial charge on any atom is -0.350 e. The van der Waals surface area contributed by atoms with E-state index in [9.17, 15) is 9.59 Å². The lowest BCUT2D eigenvalue weighted by Crippen LogP contribution is -2.32. The molecule has 0 radical (unpaired) electrons. The van der Waals surface area contributed by atoms with Crippen LogP contribution in [0.15, 0.2) is 72.4 Å². The van der Waals surface area contributed by atoms with E-state index < -0.39 is 0 Å². The van der Waals surface area contributed by atoms with Crippen molar-refractivity contribution in [2.45, 2.75) is 40.0 Å². The summed E-state index contributed by atoms with van der Waals surface area (Å²) in [6, 6.07) is 20.6. The molecule has 0 bridgehead atoms. The molecule has 0 aliphatic carbocycles. The molecule has 1 N–H and O–H groups in total. The fourth-order valence-corrected chi connectivity index (χ4v) is 4.17. The quantitative estimate of drug-likeness (QED) is 0.445. The largest absolute Gasteiger partial charge is 0.350 e. The SMILES string of the molecule is Cc1cc(C)cc(N2C(=O)C(Nc3ccc(C(C)(C)C)cc3)=C(c3ccc(Cl)cc3)C2=O)c1. The molecule has 1 aliphatic heterocycles.